The van der Waals surface area contributed by atoms with Crippen LogP contribution in [0.2, 0.25) is 0 Å². The lowest BCUT2D eigenvalue weighted by Gasteiger charge is -2.27. The smallest absolute Gasteiger partial charge is 0.220 e. The van der Waals surface area contributed by atoms with E-state index in [4.69, 9.17) is 15.2 Å². The lowest BCUT2D eigenvalue weighted by Crippen LogP contribution is -2.40. The molecule has 1 fully saturated rings. The van der Waals surface area contributed by atoms with Gasteiger partial charge in [0.15, 0.2) is 0 Å². The molecular formula is C12H16N2O3. The van der Waals surface area contributed by atoms with Crippen molar-refractivity contribution in [2.75, 3.05) is 25.1 Å². The van der Waals surface area contributed by atoms with Crippen LogP contribution in [0.4, 0.5) is 5.69 Å². The molecule has 0 bridgehead atoms. The maximum Gasteiger partial charge on any atom is 0.220 e. The third kappa shape index (κ3) is 3.64. The SMILES string of the molecule is NC(=O)CCOc1ccc(NC2COC2)cc1. The molecule has 0 aromatic heterocycles. The Bertz CT molecular complexity index is 374. The van der Waals surface area contributed by atoms with Crippen molar-refractivity contribution in [1.82, 2.24) is 0 Å². The Balaban J connectivity index is 1.78. The van der Waals surface area contributed by atoms with Crippen molar-refractivity contribution >= 4 is 11.6 Å². The number of carbonyl (C=O) groups excluding carboxylic acids is 1. The number of rotatable bonds is 6. The number of nitrogens with two attached hydrogens (primary N) is 1. The minimum absolute atomic E-state index is 0.236. The molecule has 1 amide bonds. The number of nitrogens with one attached hydrogen (secondary N) is 1. The van der Waals surface area contributed by atoms with Gasteiger partial charge in [-0.2, -0.15) is 0 Å². The first-order valence-electron chi connectivity index (χ1n) is 5.59. The fraction of sp³-hybridized carbons (Fsp3) is 0.417. The number of hydrogen-bond donors (Lipinski definition) is 2. The molecule has 0 aliphatic carbocycles. The van der Waals surface area contributed by atoms with Crippen LogP contribution in [0.3, 0.4) is 0 Å². The summed E-state index contributed by atoms with van der Waals surface area (Å²) in [5.74, 6) is 0.384. The van der Waals surface area contributed by atoms with Crippen molar-refractivity contribution in [3.8, 4) is 5.75 Å². The summed E-state index contributed by atoms with van der Waals surface area (Å²) in [6, 6.07) is 8.03. The van der Waals surface area contributed by atoms with E-state index < -0.39 is 0 Å². The van der Waals surface area contributed by atoms with Gasteiger partial charge in [0.1, 0.15) is 5.75 Å². The highest BCUT2D eigenvalue weighted by molar-refractivity contribution is 5.73. The van der Waals surface area contributed by atoms with Crippen LogP contribution in [0.5, 0.6) is 5.75 Å². The Hall–Kier alpha value is -1.75. The first-order chi connectivity index (χ1) is 8.24. The van der Waals surface area contributed by atoms with Crippen molar-refractivity contribution in [2.45, 2.75) is 12.5 Å². The van der Waals surface area contributed by atoms with Crippen LogP contribution in [0.25, 0.3) is 0 Å². The maximum atomic E-state index is 10.5. The summed E-state index contributed by atoms with van der Waals surface area (Å²) in [7, 11) is 0. The molecule has 1 heterocycles. The van der Waals surface area contributed by atoms with E-state index >= 15 is 0 Å². The summed E-state index contributed by atoms with van der Waals surface area (Å²) >= 11 is 0. The summed E-state index contributed by atoms with van der Waals surface area (Å²) < 4.78 is 10.4. The second-order valence-electron chi connectivity index (χ2n) is 3.97. The number of benzene rings is 1. The van der Waals surface area contributed by atoms with Crippen LogP contribution in [-0.2, 0) is 9.53 Å². The number of hydrogen-bond acceptors (Lipinski definition) is 4. The molecule has 17 heavy (non-hydrogen) atoms. The first-order valence-corrected chi connectivity index (χ1v) is 5.59. The zero-order chi connectivity index (χ0) is 12.1. The highest BCUT2D eigenvalue weighted by Gasteiger charge is 2.17. The maximum absolute atomic E-state index is 10.5. The van der Waals surface area contributed by atoms with E-state index in [1.54, 1.807) is 0 Å². The van der Waals surface area contributed by atoms with Gasteiger partial charge in [0, 0.05) is 5.69 Å². The second kappa shape index (κ2) is 5.54. The molecule has 1 aliphatic heterocycles. The zero-order valence-electron chi connectivity index (χ0n) is 9.52. The van der Waals surface area contributed by atoms with Gasteiger partial charge >= 0.3 is 0 Å². The highest BCUT2D eigenvalue weighted by Crippen LogP contribution is 2.18. The lowest BCUT2D eigenvalue weighted by molar-refractivity contribution is -0.118. The molecule has 92 valence electrons. The van der Waals surface area contributed by atoms with Crippen LogP contribution < -0.4 is 15.8 Å². The van der Waals surface area contributed by atoms with Crippen LogP contribution in [0.15, 0.2) is 24.3 Å². The van der Waals surface area contributed by atoms with Crippen LogP contribution >= 0.6 is 0 Å². The van der Waals surface area contributed by atoms with Gasteiger partial charge in [-0.25, -0.2) is 0 Å². The topological polar surface area (TPSA) is 73.6 Å². The van der Waals surface area contributed by atoms with E-state index in [9.17, 15) is 4.79 Å². The number of amides is 1. The fourth-order valence-electron chi connectivity index (χ4n) is 1.47. The van der Waals surface area contributed by atoms with Crippen LogP contribution in [0.1, 0.15) is 6.42 Å². The molecule has 5 heteroatoms. The fourth-order valence-corrected chi connectivity index (χ4v) is 1.47. The van der Waals surface area contributed by atoms with Crippen molar-refractivity contribution in [3.05, 3.63) is 24.3 Å². The van der Waals surface area contributed by atoms with Gasteiger partial charge in [-0.1, -0.05) is 0 Å². The molecule has 0 unspecified atom stereocenters. The summed E-state index contributed by atoms with van der Waals surface area (Å²) in [5.41, 5.74) is 6.06. The summed E-state index contributed by atoms with van der Waals surface area (Å²) in [5, 5.41) is 3.33. The Labute approximate surface area is 99.9 Å². The summed E-state index contributed by atoms with van der Waals surface area (Å²) in [6.45, 7) is 1.84. The van der Waals surface area contributed by atoms with E-state index in [2.05, 4.69) is 5.32 Å². The Morgan fingerprint density at radius 2 is 2.12 bits per heavy atom. The van der Waals surface area contributed by atoms with Crippen LogP contribution in [-0.4, -0.2) is 31.8 Å². The monoisotopic (exact) mass is 236 g/mol. The largest absolute Gasteiger partial charge is 0.493 e. The molecule has 0 saturated carbocycles. The van der Waals surface area contributed by atoms with E-state index in [1.807, 2.05) is 24.3 Å². The molecule has 3 N–H and O–H groups in total. The minimum Gasteiger partial charge on any atom is -0.493 e. The van der Waals surface area contributed by atoms with Crippen molar-refractivity contribution in [1.29, 1.82) is 0 Å². The molecule has 5 nitrogen and oxygen atoms in total. The molecule has 1 saturated heterocycles. The van der Waals surface area contributed by atoms with Crippen molar-refractivity contribution < 1.29 is 14.3 Å². The second-order valence-corrected chi connectivity index (χ2v) is 3.97. The lowest BCUT2D eigenvalue weighted by atomic mass is 10.2. The van der Waals surface area contributed by atoms with Gasteiger partial charge in [0.05, 0.1) is 32.3 Å². The molecule has 1 aliphatic rings. The number of ether oxygens (including phenoxy) is 2. The van der Waals surface area contributed by atoms with Gasteiger partial charge in [0.25, 0.3) is 0 Å². The quantitative estimate of drug-likeness (QED) is 0.764. The highest BCUT2D eigenvalue weighted by atomic mass is 16.5. The van der Waals surface area contributed by atoms with Crippen molar-refractivity contribution in [2.24, 2.45) is 5.73 Å². The minimum atomic E-state index is -0.353. The molecule has 0 radical (unpaired) electrons. The molecule has 2 rings (SSSR count). The zero-order valence-corrected chi connectivity index (χ0v) is 9.52. The molecule has 1 aromatic carbocycles. The molecule has 0 spiro atoms. The average Bonchev–Trinajstić information content (AvgIpc) is 2.25. The van der Waals surface area contributed by atoms with Gasteiger partial charge in [-0.05, 0) is 24.3 Å². The predicted molar refractivity (Wildman–Crippen MR) is 64.0 cm³/mol. The number of anilines is 1. The van der Waals surface area contributed by atoms with Crippen molar-refractivity contribution in [3.63, 3.8) is 0 Å². The third-order valence-corrected chi connectivity index (χ3v) is 2.48. The number of primary amides is 1. The first kappa shape index (κ1) is 11.7. The Morgan fingerprint density at radius 1 is 1.41 bits per heavy atom. The third-order valence-electron chi connectivity index (χ3n) is 2.48. The number of carbonyl (C=O) groups is 1. The van der Waals surface area contributed by atoms with Crippen LogP contribution in [0, 0.1) is 0 Å². The summed E-state index contributed by atoms with van der Waals surface area (Å²) in [4.78, 5) is 10.5. The molecule has 1 aromatic rings. The Kier molecular flexibility index (Phi) is 3.82. The normalized spacial score (nSPS) is 15.1. The standard InChI is InChI=1S/C12H16N2O3/c13-12(15)5-6-17-11-3-1-9(2-4-11)14-10-7-16-8-10/h1-4,10,14H,5-8H2,(H2,13,15). The van der Waals surface area contributed by atoms with E-state index in [-0.39, 0.29) is 12.3 Å². The average molecular weight is 236 g/mol. The van der Waals surface area contributed by atoms with Gasteiger partial charge in [0.2, 0.25) is 5.91 Å². The predicted octanol–water partition coefficient (Wildman–Crippen LogP) is 0.751. The van der Waals surface area contributed by atoms with Gasteiger partial charge in [-0.15, -0.1) is 0 Å². The van der Waals surface area contributed by atoms with Gasteiger partial charge in [-0.3, -0.25) is 4.79 Å². The summed E-state index contributed by atoms with van der Waals surface area (Å²) in [6.07, 6.45) is 0.236. The Morgan fingerprint density at radius 3 is 2.65 bits per heavy atom. The van der Waals surface area contributed by atoms with E-state index in [1.165, 1.54) is 0 Å². The van der Waals surface area contributed by atoms with Gasteiger partial charge < -0.3 is 20.5 Å². The van der Waals surface area contributed by atoms with E-state index in [0.29, 0.717) is 12.6 Å². The van der Waals surface area contributed by atoms with E-state index in [0.717, 1.165) is 24.7 Å². The molecular weight excluding hydrogens is 220 g/mol. The molecule has 0 atom stereocenters.